The Balaban J connectivity index is 2.08. The molecule has 3 aromatic rings. The number of anilines is 1. The van der Waals surface area contributed by atoms with Crippen molar-refractivity contribution in [2.45, 2.75) is 6.54 Å². The molecule has 6 heteroatoms. The predicted molar refractivity (Wildman–Crippen MR) is 84.7 cm³/mol. The van der Waals surface area contributed by atoms with Gasteiger partial charge in [-0.3, -0.25) is 0 Å². The Morgan fingerprint density at radius 2 is 1.65 bits per heavy atom. The molecular formula is C14H10Cl3N3. The maximum atomic E-state index is 6.06. The Morgan fingerprint density at radius 1 is 1.00 bits per heavy atom. The van der Waals surface area contributed by atoms with Crippen molar-refractivity contribution in [2.24, 2.45) is 0 Å². The number of halogens is 3. The highest BCUT2D eigenvalue weighted by molar-refractivity contribution is 6.42. The highest BCUT2D eigenvalue weighted by Gasteiger charge is 2.11. The Kier molecular flexibility index (Phi) is 3.50. The largest absolute Gasteiger partial charge is 0.369 e. The van der Waals surface area contributed by atoms with E-state index in [0.717, 1.165) is 16.6 Å². The molecular weight excluding hydrogens is 317 g/mol. The first kappa shape index (κ1) is 13.6. The van der Waals surface area contributed by atoms with Crippen LogP contribution in [0.3, 0.4) is 0 Å². The summed E-state index contributed by atoms with van der Waals surface area (Å²) in [6.07, 6.45) is 0. The predicted octanol–water partition coefficient (Wildman–Crippen LogP) is 4.63. The van der Waals surface area contributed by atoms with Crippen molar-refractivity contribution in [2.75, 3.05) is 5.73 Å². The van der Waals surface area contributed by atoms with Crippen LogP contribution in [0.5, 0.6) is 0 Å². The Bertz CT molecular complexity index is 778. The molecule has 0 atom stereocenters. The maximum Gasteiger partial charge on any atom is 0.201 e. The SMILES string of the molecule is Nc1nc2cc(Cl)c(Cl)cc2n1Cc1ccc(Cl)cc1. The molecule has 0 fully saturated rings. The molecule has 0 saturated heterocycles. The van der Waals surface area contributed by atoms with Crippen LogP contribution in [-0.4, -0.2) is 9.55 Å². The van der Waals surface area contributed by atoms with Gasteiger partial charge in [-0.05, 0) is 29.8 Å². The average Bonchev–Trinajstić information content (AvgIpc) is 2.69. The van der Waals surface area contributed by atoms with E-state index in [1.54, 1.807) is 12.1 Å². The highest BCUT2D eigenvalue weighted by atomic mass is 35.5. The fourth-order valence-electron chi connectivity index (χ4n) is 2.08. The van der Waals surface area contributed by atoms with Crippen molar-refractivity contribution < 1.29 is 0 Å². The van der Waals surface area contributed by atoms with E-state index in [2.05, 4.69) is 4.98 Å². The molecule has 1 heterocycles. The lowest BCUT2D eigenvalue weighted by molar-refractivity contribution is 0.838. The summed E-state index contributed by atoms with van der Waals surface area (Å²) in [5.41, 5.74) is 8.63. The van der Waals surface area contributed by atoms with E-state index in [4.69, 9.17) is 40.5 Å². The minimum absolute atomic E-state index is 0.424. The summed E-state index contributed by atoms with van der Waals surface area (Å²) in [4.78, 5) is 4.30. The van der Waals surface area contributed by atoms with Crippen LogP contribution < -0.4 is 5.73 Å². The van der Waals surface area contributed by atoms with Crippen molar-refractivity contribution in [3.8, 4) is 0 Å². The van der Waals surface area contributed by atoms with Gasteiger partial charge < -0.3 is 10.3 Å². The van der Waals surface area contributed by atoms with Gasteiger partial charge in [0.2, 0.25) is 5.95 Å². The van der Waals surface area contributed by atoms with Gasteiger partial charge in [0.05, 0.1) is 27.6 Å². The standard InChI is InChI=1S/C14H10Cl3N3/c15-9-3-1-8(2-4-9)7-20-13-6-11(17)10(16)5-12(13)19-14(20)18/h1-6H,7H2,(H2,18,19). The van der Waals surface area contributed by atoms with Crippen molar-refractivity contribution >= 4 is 51.8 Å². The number of hydrogen-bond acceptors (Lipinski definition) is 2. The molecule has 0 aliphatic carbocycles. The molecule has 2 aromatic carbocycles. The number of aromatic nitrogens is 2. The summed E-state index contributed by atoms with van der Waals surface area (Å²) in [5.74, 6) is 0.424. The molecule has 2 N–H and O–H groups in total. The van der Waals surface area contributed by atoms with Crippen molar-refractivity contribution in [3.63, 3.8) is 0 Å². The van der Waals surface area contributed by atoms with E-state index >= 15 is 0 Å². The average molecular weight is 327 g/mol. The zero-order chi connectivity index (χ0) is 14.3. The molecule has 0 spiro atoms. The van der Waals surface area contributed by atoms with Crippen molar-refractivity contribution in [1.29, 1.82) is 0 Å². The molecule has 3 nitrogen and oxygen atoms in total. The Labute approximate surface area is 130 Å². The van der Waals surface area contributed by atoms with Crippen molar-refractivity contribution in [3.05, 3.63) is 57.0 Å². The topological polar surface area (TPSA) is 43.8 Å². The summed E-state index contributed by atoms with van der Waals surface area (Å²) < 4.78 is 1.89. The zero-order valence-corrected chi connectivity index (χ0v) is 12.5. The molecule has 102 valence electrons. The molecule has 0 unspecified atom stereocenters. The molecule has 0 amide bonds. The van der Waals surface area contributed by atoms with Gasteiger partial charge in [-0.1, -0.05) is 46.9 Å². The van der Waals surface area contributed by atoms with Gasteiger partial charge in [0, 0.05) is 5.02 Å². The number of nitrogen functional groups attached to an aromatic ring is 1. The number of hydrogen-bond donors (Lipinski definition) is 1. The molecule has 20 heavy (non-hydrogen) atoms. The Morgan fingerprint density at radius 3 is 2.35 bits per heavy atom. The van der Waals surface area contributed by atoms with Gasteiger partial charge in [0.1, 0.15) is 0 Å². The summed E-state index contributed by atoms with van der Waals surface area (Å²) in [7, 11) is 0. The molecule has 0 aliphatic rings. The van der Waals surface area contributed by atoms with Gasteiger partial charge in [-0.25, -0.2) is 4.98 Å². The fraction of sp³-hybridized carbons (Fsp3) is 0.0714. The molecule has 0 radical (unpaired) electrons. The van der Waals surface area contributed by atoms with Crippen LogP contribution in [0.4, 0.5) is 5.95 Å². The third kappa shape index (κ3) is 2.44. The Hall–Kier alpha value is -1.42. The normalized spacial score (nSPS) is 11.2. The molecule has 0 saturated carbocycles. The van der Waals surface area contributed by atoms with E-state index in [-0.39, 0.29) is 0 Å². The van der Waals surface area contributed by atoms with E-state index in [1.807, 2.05) is 28.8 Å². The van der Waals surface area contributed by atoms with Crippen LogP contribution in [0.25, 0.3) is 11.0 Å². The minimum atomic E-state index is 0.424. The number of nitrogens with two attached hydrogens (primary N) is 1. The lowest BCUT2D eigenvalue weighted by Gasteiger charge is -2.07. The van der Waals surface area contributed by atoms with E-state index in [9.17, 15) is 0 Å². The maximum absolute atomic E-state index is 6.06. The van der Waals surface area contributed by atoms with Crippen molar-refractivity contribution in [1.82, 2.24) is 9.55 Å². The van der Waals surface area contributed by atoms with Crippen LogP contribution in [0.1, 0.15) is 5.56 Å². The summed E-state index contributed by atoms with van der Waals surface area (Å²) in [5, 5.41) is 1.65. The second kappa shape index (κ2) is 5.17. The van der Waals surface area contributed by atoms with E-state index in [1.165, 1.54) is 0 Å². The van der Waals surface area contributed by atoms with Gasteiger partial charge in [0.15, 0.2) is 0 Å². The lowest BCUT2D eigenvalue weighted by Crippen LogP contribution is -2.04. The zero-order valence-electron chi connectivity index (χ0n) is 10.3. The first-order valence-electron chi connectivity index (χ1n) is 5.90. The van der Waals surface area contributed by atoms with Crippen LogP contribution in [0.15, 0.2) is 36.4 Å². The second-order valence-electron chi connectivity index (χ2n) is 4.44. The molecule has 1 aromatic heterocycles. The third-order valence-corrected chi connectivity index (χ3v) is 4.05. The number of nitrogens with zero attached hydrogens (tertiary/aromatic N) is 2. The first-order valence-corrected chi connectivity index (χ1v) is 7.03. The third-order valence-electron chi connectivity index (χ3n) is 3.07. The van der Waals surface area contributed by atoms with E-state index < -0.39 is 0 Å². The van der Waals surface area contributed by atoms with Crippen LogP contribution in [0, 0.1) is 0 Å². The summed E-state index contributed by atoms with van der Waals surface area (Å²) >= 11 is 17.9. The molecule has 3 rings (SSSR count). The van der Waals surface area contributed by atoms with Crippen LogP contribution >= 0.6 is 34.8 Å². The van der Waals surface area contributed by atoms with Gasteiger partial charge >= 0.3 is 0 Å². The lowest BCUT2D eigenvalue weighted by atomic mass is 10.2. The quantitative estimate of drug-likeness (QED) is 0.746. The second-order valence-corrected chi connectivity index (χ2v) is 5.69. The molecule has 0 bridgehead atoms. The number of benzene rings is 2. The number of fused-ring (bicyclic) bond motifs is 1. The smallest absolute Gasteiger partial charge is 0.201 e. The van der Waals surface area contributed by atoms with Crippen LogP contribution in [-0.2, 0) is 6.54 Å². The van der Waals surface area contributed by atoms with Gasteiger partial charge in [0.25, 0.3) is 0 Å². The number of rotatable bonds is 2. The summed E-state index contributed by atoms with van der Waals surface area (Å²) in [6, 6.07) is 11.1. The fourth-order valence-corrected chi connectivity index (χ4v) is 2.52. The number of imidazole rings is 1. The van der Waals surface area contributed by atoms with Gasteiger partial charge in [-0.2, -0.15) is 0 Å². The first-order chi connectivity index (χ1) is 9.54. The van der Waals surface area contributed by atoms with E-state index in [0.29, 0.717) is 27.6 Å². The highest BCUT2D eigenvalue weighted by Crippen LogP contribution is 2.29. The molecule has 0 aliphatic heterocycles. The minimum Gasteiger partial charge on any atom is -0.369 e. The monoisotopic (exact) mass is 325 g/mol. The van der Waals surface area contributed by atoms with Gasteiger partial charge in [-0.15, -0.1) is 0 Å². The summed E-state index contributed by atoms with van der Waals surface area (Å²) in [6.45, 7) is 0.595. The van der Waals surface area contributed by atoms with Crippen LogP contribution in [0.2, 0.25) is 15.1 Å².